The molecule has 0 aromatic rings. The maximum Gasteiger partial charge on any atom is 0.208 e. The van der Waals surface area contributed by atoms with Crippen LogP contribution in [0.5, 0.6) is 0 Å². The van der Waals surface area contributed by atoms with Crippen LogP contribution in [-0.4, -0.2) is 23.7 Å². The highest BCUT2D eigenvalue weighted by Gasteiger charge is 2.14. The smallest absolute Gasteiger partial charge is 0.208 e. The highest BCUT2D eigenvalue weighted by Crippen LogP contribution is 2.30. The number of rotatable bonds is 0. The van der Waals surface area contributed by atoms with E-state index in [1.165, 1.54) is 9.91 Å². The second kappa shape index (κ2) is 6.33. The molecule has 20 heavy (non-hydrogen) atoms. The summed E-state index contributed by atoms with van der Waals surface area (Å²) in [6.07, 6.45) is 0. The van der Waals surface area contributed by atoms with Gasteiger partial charge in [-0.25, -0.2) is 10.0 Å². The average molecular weight is 293 g/mol. The molecule has 2 aliphatic rings. The van der Waals surface area contributed by atoms with E-state index < -0.39 is 0 Å². The van der Waals surface area contributed by atoms with Gasteiger partial charge in [0.1, 0.15) is 5.84 Å². The molecule has 0 atom stereocenters. The summed E-state index contributed by atoms with van der Waals surface area (Å²) < 4.78 is 4.99. The Bertz CT molecular complexity index is 559. The summed E-state index contributed by atoms with van der Waals surface area (Å²) in [5, 5.41) is 5.30. The zero-order valence-electron chi connectivity index (χ0n) is 11.9. The zero-order valence-corrected chi connectivity index (χ0v) is 12.8. The normalized spacial score (nSPS) is 18.9. The molecule has 0 radical (unpaired) electrons. The lowest BCUT2D eigenvalue weighted by molar-refractivity contribution is 0.187. The van der Waals surface area contributed by atoms with E-state index >= 15 is 0 Å². The average Bonchev–Trinajstić information content (AvgIpc) is 2.35. The highest BCUT2D eigenvalue weighted by atomic mass is 32.2. The van der Waals surface area contributed by atoms with Gasteiger partial charge in [-0.2, -0.15) is 0 Å². The third-order valence-corrected chi connectivity index (χ3v) is 3.56. The molecule has 2 rings (SSSR count). The Balaban J connectivity index is 0.000000200. The molecule has 0 aromatic carbocycles. The van der Waals surface area contributed by atoms with Gasteiger partial charge in [-0.05, 0) is 20.4 Å². The molecular weight excluding hydrogens is 274 g/mol. The van der Waals surface area contributed by atoms with Crippen LogP contribution in [0.2, 0.25) is 0 Å². The molecule has 0 bridgehead atoms. The van der Waals surface area contributed by atoms with E-state index in [9.17, 15) is 0 Å². The topological polar surface area (TPSA) is 89.2 Å². The van der Waals surface area contributed by atoms with Crippen LogP contribution >= 0.6 is 11.8 Å². The number of thioether (sulfide) groups is 1. The van der Waals surface area contributed by atoms with Gasteiger partial charge in [-0.3, -0.25) is 0 Å². The molecular formula is C13H19N5OS. The minimum Gasteiger partial charge on any atom is -0.437 e. The first-order valence-corrected chi connectivity index (χ1v) is 6.56. The van der Waals surface area contributed by atoms with E-state index in [0.29, 0.717) is 17.5 Å². The van der Waals surface area contributed by atoms with Gasteiger partial charge in [0.15, 0.2) is 11.6 Å². The number of amidine groups is 2. The van der Waals surface area contributed by atoms with Crippen molar-refractivity contribution in [2.45, 2.75) is 13.8 Å². The number of hydrazone groups is 1. The summed E-state index contributed by atoms with van der Waals surface area (Å²) in [4.78, 5) is 6.13. The van der Waals surface area contributed by atoms with Gasteiger partial charge in [0.05, 0.1) is 0 Å². The third kappa shape index (κ3) is 3.92. The molecule has 0 amide bonds. The highest BCUT2D eigenvalue weighted by molar-refractivity contribution is 8.07. The van der Waals surface area contributed by atoms with Gasteiger partial charge in [0.2, 0.25) is 5.88 Å². The number of ether oxygens (including phenoxy) is 1. The van der Waals surface area contributed by atoms with Crippen LogP contribution in [0.25, 0.3) is 0 Å². The van der Waals surface area contributed by atoms with Crippen molar-refractivity contribution in [3.05, 3.63) is 46.9 Å². The molecule has 6 nitrogen and oxygen atoms in total. The van der Waals surface area contributed by atoms with Crippen molar-refractivity contribution in [3.63, 3.8) is 0 Å². The number of nitrogens with zero attached hydrogens (tertiary/aromatic N) is 3. The number of hydrogen-bond acceptors (Lipinski definition) is 7. The van der Waals surface area contributed by atoms with E-state index in [4.69, 9.17) is 16.2 Å². The molecule has 7 heteroatoms. The maximum absolute atomic E-state index is 5.53. The molecule has 0 fully saturated rings. The van der Waals surface area contributed by atoms with Crippen molar-refractivity contribution in [3.8, 4) is 0 Å². The monoisotopic (exact) mass is 293 g/mol. The molecule has 0 unspecified atom stereocenters. The first-order chi connectivity index (χ1) is 9.22. The van der Waals surface area contributed by atoms with E-state index in [2.05, 4.69) is 29.8 Å². The fourth-order valence-electron chi connectivity index (χ4n) is 1.17. The van der Waals surface area contributed by atoms with Gasteiger partial charge in [0.25, 0.3) is 0 Å². The zero-order chi connectivity index (χ0) is 15.4. The van der Waals surface area contributed by atoms with Crippen molar-refractivity contribution in [2.24, 2.45) is 21.6 Å². The summed E-state index contributed by atoms with van der Waals surface area (Å²) in [5.41, 5.74) is 11.9. The van der Waals surface area contributed by atoms with E-state index in [1.54, 1.807) is 18.8 Å². The van der Waals surface area contributed by atoms with Crippen molar-refractivity contribution in [2.75, 3.05) is 7.05 Å². The van der Waals surface area contributed by atoms with Crippen LogP contribution in [0.15, 0.2) is 57.0 Å². The Labute approximate surface area is 123 Å². The fourth-order valence-corrected chi connectivity index (χ4v) is 1.88. The van der Waals surface area contributed by atoms with Gasteiger partial charge >= 0.3 is 0 Å². The van der Waals surface area contributed by atoms with Crippen LogP contribution in [0, 0.1) is 0 Å². The van der Waals surface area contributed by atoms with Crippen molar-refractivity contribution in [1.29, 1.82) is 0 Å². The number of allylic oxidation sites excluding steroid dienone is 2. The quantitative estimate of drug-likeness (QED) is 0.713. The largest absolute Gasteiger partial charge is 0.437 e. The first-order valence-electron chi connectivity index (χ1n) is 5.75. The van der Waals surface area contributed by atoms with E-state index in [1.807, 2.05) is 13.8 Å². The molecule has 4 N–H and O–H groups in total. The second-order valence-corrected chi connectivity index (χ2v) is 5.40. The molecule has 0 aromatic heterocycles. The standard InChI is InChI=1S/C7H10N2S.C6H9N3O/c1-4-5(2)10-6(3)7(8)9-4;1-4-6(7)8-9(3)5(2)10-4/h3H2,1-2H3,(H2,8,9);1-2H2,3H3,(H2,7,8). The lowest BCUT2D eigenvalue weighted by Crippen LogP contribution is -2.28. The van der Waals surface area contributed by atoms with Gasteiger partial charge < -0.3 is 16.2 Å². The SMILES string of the molecule is C=C1OC(=C)N(C)N=C1N.C=C1SC(C)=C(C)N=C1N. The number of hydrogen-bond donors (Lipinski definition) is 2. The molecule has 2 aliphatic heterocycles. The van der Waals surface area contributed by atoms with Crippen molar-refractivity contribution >= 4 is 23.4 Å². The third-order valence-electron chi connectivity index (χ3n) is 2.51. The minimum absolute atomic E-state index is 0.287. The van der Waals surface area contributed by atoms with Gasteiger partial charge in [-0.1, -0.05) is 24.9 Å². The fraction of sp³-hybridized carbons (Fsp3) is 0.231. The van der Waals surface area contributed by atoms with E-state index in [0.717, 1.165) is 10.6 Å². The predicted octanol–water partition coefficient (Wildman–Crippen LogP) is 2.06. The summed E-state index contributed by atoms with van der Waals surface area (Å²) >= 11 is 1.59. The summed E-state index contributed by atoms with van der Waals surface area (Å²) in [7, 11) is 1.70. The lowest BCUT2D eigenvalue weighted by atomic mass is 10.4. The summed E-state index contributed by atoms with van der Waals surface area (Å²) in [6, 6.07) is 0. The van der Waals surface area contributed by atoms with Gasteiger partial charge in [0, 0.05) is 22.6 Å². The van der Waals surface area contributed by atoms with Crippen molar-refractivity contribution < 1.29 is 4.74 Å². The molecule has 108 valence electrons. The van der Waals surface area contributed by atoms with Crippen LogP contribution in [0.4, 0.5) is 0 Å². The lowest BCUT2D eigenvalue weighted by Gasteiger charge is -2.22. The predicted molar refractivity (Wildman–Crippen MR) is 85.5 cm³/mol. The molecule has 0 saturated heterocycles. The minimum atomic E-state index is 0.287. The molecule has 0 saturated carbocycles. The Morgan fingerprint density at radius 1 is 1.15 bits per heavy atom. The number of nitrogens with two attached hydrogens (primary N) is 2. The van der Waals surface area contributed by atoms with Crippen LogP contribution in [-0.2, 0) is 4.74 Å². The Morgan fingerprint density at radius 2 is 1.75 bits per heavy atom. The van der Waals surface area contributed by atoms with E-state index in [-0.39, 0.29) is 5.84 Å². The molecule has 2 heterocycles. The summed E-state index contributed by atoms with van der Waals surface area (Å²) in [5.74, 6) is 1.62. The Kier molecular flexibility index (Phi) is 5.04. The maximum atomic E-state index is 5.53. The van der Waals surface area contributed by atoms with Crippen LogP contribution in [0.1, 0.15) is 13.8 Å². The second-order valence-electron chi connectivity index (χ2n) is 4.09. The molecule has 0 spiro atoms. The Hall–Kier alpha value is -2.15. The Morgan fingerprint density at radius 3 is 2.25 bits per heavy atom. The van der Waals surface area contributed by atoms with Crippen molar-refractivity contribution in [1.82, 2.24) is 5.01 Å². The first kappa shape index (κ1) is 15.9. The summed E-state index contributed by atoms with van der Waals surface area (Å²) in [6.45, 7) is 14.8. The number of aliphatic imine (C=N–C) groups is 1. The molecule has 0 aliphatic carbocycles. The van der Waals surface area contributed by atoms with Crippen LogP contribution in [0.3, 0.4) is 0 Å². The van der Waals surface area contributed by atoms with Crippen LogP contribution < -0.4 is 11.5 Å². The van der Waals surface area contributed by atoms with Gasteiger partial charge in [-0.15, -0.1) is 5.10 Å².